The van der Waals surface area contributed by atoms with Crippen LogP contribution in [0.5, 0.6) is 0 Å². The molecule has 1 aromatic rings. The lowest BCUT2D eigenvalue weighted by molar-refractivity contribution is 0.0998. The van der Waals surface area contributed by atoms with Crippen molar-refractivity contribution >= 4 is 23.3 Å². The van der Waals surface area contributed by atoms with Gasteiger partial charge in [0.25, 0.3) is 11.9 Å². The normalized spacial score (nSPS) is 17.0. The second kappa shape index (κ2) is 5.82. The molecule has 17 heavy (non-hydrogen) atoms. The van der Waals surface area contributed by atoms with Crippen molar-refractivity contribution in [2.24, 2.45) is 4.99 Å². The average Bonchev–Trinajstić information content (AvgIpc) is 2.90. The monoisotopic (exact) mass is 252 g/mol. The molecule has 1 fully saturated rings. The van der Waals surface area contributed by atoms with E-state index in [4.69, 9.17) is 4.74 Å². The highest BCUT2D eigenvalue weighted by Crippen LogP contribution is 2.13. The third-order valence-electron chi connectivity index (χ3n) is 2.74. The summed E-state index contributed by atoms with van der Waals surface area (Å²) >= 11 is 1.40. The summed E-state index contributed by atoms with van der Waals surface area (Å²) in [4.78, 5) is 18.6. The molecule has 5 heteroatoms. The van der Waals surface area contributed by atoms with Crippen molar-refractivity contribution in [3.63, 3.8) is 0 Å². The smallest absolute Gasteiger partial charge is 0.295 e. The van der Waals surface area contributed by atoms with Gasteiger partial charge in [-0.05, 0) is 30.7 Å². The molecule has 0 spiro atoms. The number of nitrogens with zero attached hydrogens (tertiary/aromatic N) is 2. The van der Waals surface area contributed by atoms with Gasteiger partial charge < -0.3 is 9.64 Å². The minimum atomic E-state index is -0.220. The molecule has 0 aliphatic carbocycles. The number of likely N-dealkylation sites (tertiary alicyclic amines) is 1. The van der Waals surface area contributed by atoms with Gasteiger partial charge in [0.05, 0.1) is 12.0 Å². The quantitative estimate of drug-likeness (QED) is 0.569. The molecule has 0 aromatic carbocycles. The maximum absolute atomic E-state index is 11.8. The molecule has 0 saturated carbocycles. The summed E-state index contributed by atoms with van der Waals surface area (Å²) in [7, 11) is 1.56. The Morgan fingerprint density at radius 3 is 2.76 bits per heavy atom. The van der Waals surface area contributed by atoms with Crippen molar-refractivity contribution in [1.82, 2.24) is 4.90 Å². The third kappa shape index (κ3) is 3.06. The maximum atomic E-state index is 11.8. The van der Waals surface area contributed by atoms with Crippen molar-refractivity contribution < 1.29 is 9.53 Å². The molecule has 92 valence electrons. The van der Waals surface area contributed by atoms with E-state index in [1.165, 1.54) is 17.8 Å². The standard InChI is InChI=1S/C12H16N2O2S/c1-16-12(14-7-3-2-4-8-14)13-11(15)10-6-5-9-17-10/h5-6,9H,2-4,7-8H2,1H3. The van der Waals surface area contributed by atoms with Gasteiger partial charge in [0.1, 0.15) is 0 Å². The zero-order valence-electron chi connectivity index (χ0n) is 9.89. The number of amides is 1. The van der Waals surface area contributed by atoms with E-state index in [1.54, 1.807) is 13.2 Å². The third-order valence-corrected chi connectivity index (χ3v) is 3.60. The van der Waals surface area contributed by atoms with Gasteiger partial charge in [-0.1, -0.05) is 6.07 Å². The first-order valence-electron chi connectivity index (χ1n) is 5.76. The Kier molecular flexibility index (Phi) is 4.14. The molecule has 2 rings (SSSR count). The first kappa shape index (κ1) is 12.1. The van der Waals surface area contributed by atoms with Crippen LogP contribution in [-0.4, -0.2) is 37.0 Å². The van der Waals surface area contributed by atoms with Crippen LogP contribution in [0.4, 0.5) is 0 Å². The summed E-state index contributed by atoms with van der Waals surface area (Å²) in [6, 6.07) is 4.07. The molecule has 1 amide bonds. The van der Waals surface area contributed by atoms with Crippen LogP contribution < -0.4 is 0 Å². The second-order valence-electron chi connectivity index (χ2n) is 3.93. The SMILES string of the molecule is COC(=NC(=O)c1cccs1)N1CCCCC1. The van der Waals surface area contributed by atoms with Gasteiger partial charge in [0.2, 0.25) is 0 Å². The number of hydrogen-bond acceptors (Lipinski definition) is 3. The molecule has 0 atom stereocenters. The van der Waals surface area contributed by atoms with Gasteiger partial charge in [-0.2, -0.15) is 4.99 Å². The van der Waals surface area contributed by atoms with E-state index in [0.29, 0.717) is 10.9 Å². The van der Waals surface area contributed by atoms with Crippen molar-refractivity contribution in [2.45, 2.75) is 19.3 Å². The molecular weight excluding hydrogens is 236 g/mol. The summed E-state index contributed by atoms with van der Waals surface area (Å²) in [6.45, 7) is 1.84. The molecule has 1 aliphatic rings. The minimum absolute atomic E-state index is 0.220. The fourth-order valence-electron chi connectivity index (χ4n) is 1.87. The minimum Gasteiger partial charge on any atom is -0.468 e. The van der Waals surface area contributed by atoms with E-state index in [0.717, 1.165) is 25.9 Å². The Morgan fingerprint density at radius 2 is 2.18 bits per heavy atom. The molecule has 0 N–H and O–H groups in total. The van der Waals surface area contributed by atoms with Crippen LogP contribution in [-0.2, 0) is 4.74 Å². The summed E-state index contributed by atoms with van der Waals surface area (Å²) in [5.74, 6) is -0.220. The van der Waals surface area contributed by atoms with Gasteiger partial charge in [-0.25, -0.2) is 0 Å². The predicted octanol–water partition coefficient (Wildman–Crippen LogP) is 2.38. The molecule has 1 aromatic heterocycles. The Balaban J connectivity index is 2.08. The second-order valence-corrected chi connectivity index (χ2v) is 4.88. The number of carbonyl (C=O) groups is 1. The van der Waals surface area contributed by atoms with Crippen LogP contribution >= 0.6 is 11.3 Å². The average molecular weight is 252 g/mol. The summed E-state index contributed by atoms with van der Waals surface area (Å²) in [5.41, 5.74) is 0. The van der Waals surface area contributed by atoms with E-state index < -0.39 is 0 Å². The molecule has 1 saturated heterocycles. The highest BCUT2D eigenvalue weighted by atomic mass is 32.1. The summed E-state index contributed by atoms with van der Waals surface area (Å²) in [6.07, 6.45) is 3.51. The fraction of sp³-hybridized carbons (Fsp3) is 0.500. The zero-order valence-corrected chi connectivity index (χ0v) is 10.7. The summed E-state index contributed by atoms with van der Waals surface area (Å²) < 4.78 is 5.22. The van der Waals surface area contributed by atoms with Gasteiger partial charge in [-0.3, -0.25) is 4.79 Å². The lowest BCUT2D eigenvalue weighted by atomic mass is 10.1. The van der Waals surface area contributed by atoms with Crippen LogP contribution in [0.1, 0.15) is 28.9 Å². The van der Waals surface area contributed by atoms with E-state index in [2.05, 4.69) is 4.99 Å². The first-order valence-corrected chi connectivity index (χ1v) is 6.64. The van der Waals surface area contributed by atoms with Crippen LogP contribution in [0, 0.1) is 0 Å². The van der Waals surface area contributed by atoms with Gasteiger partial charge in [0.15, 0.2) is 0 Å². The lowest BCUT2D eigenvalue weighted by Crippen LogP contribution is -2.37. The van der Waals surface area contributed by atoms with Crippen LogP contribution in [0.15, 0.2) is 22.5 Å². The van der Waals surface area contributed by atoms with Gasteiger partial charge >= 0.3 is 0 Å². The van der Waals surface area contributed by atoms with Gasteiger partial charge in [-0.15, -0.1) is 11.3 Å². The molecule has 0 bridgehead atoms. The lowest BCUT2D eigenvalue weighted by Gasteiger charge is -2.27. The van der Waals surface area contributed by atoms with E-state index >= 15 is 0 Å². The van der Waals surface area contributed by atoms with Gasteiger partial charge in [0, 0.05) is 13.1 Å². The first-order chi connectivity index (χ1) is 8.31. The topological polar surface area (TPSA) is 41.9 Å². The van der Waals surface area contributed by atoms with E-state index in [-0.39, 0.29) is 5.91 Å². The van der Waals surface area contributed by atoms with Crippen molar-refractivity contribution in [1.29, 1.82) is 0 Å². The predicted molar refractivity (Wildman–Crippen MR) is 68.5 cm³/mol. The van der Waals surface area contributed by atoms with Crippen molar-refractivity contribution in [3.05, 3.63) is 22.4 Å². The van der Waals surface area contributed by atoms with Crippen LogP contribution in [0.3, 0.4) is 0 Å². The zero-order chi connectivity index (χ0) is 12.1. The number of methoxy groups -OCH3 is 1. The Hall–Kier alpha value is -1.36. The number of carbonyl (C=O) groups excluding carboxylic acids is 1. The Morgan fingerprint density at radius 1 is 1.41 bits per heavy atom. The summed E-state index contributed by atoms with van der Waals surface area (Å²) in [5, 5.41) is 1.87. The number of aliphatic imine (C=N–C) groups is 1. The number of piperidine rings is 1. The van der Waals surface area contributed by atoms with E-state index in [1.807, 2.05) is 16.3 Å². The molecule has 1 aliphatic heterocycles. The molecule has 2 heterocycles. The molecule has 0 unspecified atom stereocenters. The van der Waals surface area contributed by atoms with Crippen LogP contribution in [0.2, 0.25) is 0 Å². The largest absolute Gasteiger partial charge is 0.468 e. The fourth-order valence-corrected chi connectivity index (χ4v) is 2.48. The maximum Gasteiger partial charge on any atom is 0.295 e. The van der Waals surface area contributed by atoms with E-state index in [9.17, 15) is 4.79 Å². The molecule has 4 nitrogen and oxygen atoms in total. The highest BCUT2D eigenvalue weighted by molar-refractivity contribution is 7.12. The van der Waals surface area contributed by atoms with Crippen LogP contribution in [0.25, 0.3) is 0 Å². The van der Waals surface area contributed by atoms with Crippen molar-refractivity contribution in [3.8, 4) is 0 Å². The number of thiophene rings is 1. The van der Waals surface area contributed by atoms with Crippen molar-refractivity contribution in [2.75, 3.05) is 20.2 Å². The number of hydrogen-bond donors (Lipinski definition) is 0. The molecule has 0 radical (unpaired) electrons. The number of amidine groups is 1. The highest BCUT2D eigenvalue weighted by Gasteiger charge is 2.17. The number of ether oxygens (including phenoxy) is 1. The Labute approximate surface area is 105 Å². The molecular formula is C12H16N2O2S. The number of rotatable bonds is 1. The Bertz CT molecular complexity index is 395.